The van der Waals surface area contributed by atoms with Crippen molar-refractivity contribution in [3.8, 4) is 0 Å². The highest BCUT2D eigenvalue weighted by molar-refractivity contribution is 5.82. The van der Waals surface area contributed by atoms with Crippen LogP contribution in [0, 0.1) is 5.92 Å². The van der Waals surface area contributed by atoms with Crippen molar-refractivity contribution in [2.45, 2.75) is 31.8 Å². The molecular formula is C14H22N4O2. The van der Waals surface area contributed by atoms with Gasteiger partial charge in [-0.25, -0.2) is 4.98 Å². The van der Waals surface area contributed by atoms with Crippen LogP contribution in [0.4, 0.5) is 0 Å². The number of H-pyrrole nitrogens is 1. The lowest BCUT2D eigenvalue weighted by Crippen LogP contribution is -2.49. The Hall–Kier alpha value is -1.40. The summed E-state index contributed by atoms with van der Waals surface area (Å²) < 4.78 is 5.58. The SMILES string of the molecule is CN(CCOCC1CC1)C(=O)C1Cc2nc[nH]c2CN1. The van der Waals surface area contributed by atoms with Crippen LogP contribution < -0.4 is 5.32 Å². The molecular weight excluding hydrogens is 256 g/mol. The summed E-state index contributed by atoms with van der Waals surface area (Å²) in [7, 11) is 1.84. The van der Waals surface area contributed by atoms with E-state index >= 15 is 0 Å². The number of nitrogens with zero attached hydrogens (tertiary/aromatic N) is 2. The number of hydrogen-bond donors (Lipinski definition) is 2. The maximum absolute atomic E-state index is 12.3. The van der Waals surface area contributed by atoms with E-state index in [2.05, 4.69) is 15.3 Å². The summed E-state index contributed by atoms with van der Waals surface area (Å²) in [4.78, 5) is 21.4. The van der Waals surface area contributed by atoms with Gasteiger partial charge in [0.05, 0.1) is 30.4 Å². The summed E-state index contributed by atoms with van der Waals surface area (Å²) >= 11 is 0. The van der Waals surface area contributed by atoms with Crippen molar-refractivity contribution in [2.75, 3.05) is 26.8 Å². The lowest BCUT2D eigenvalue weighted by Gasteiger charge is -2.27. The number of ether oxygens (including phenoxy) is 1. The fraction of sp³-hybridized carbons (Fsp3) is 0.714. The van der Waals surface area contributed by atoms with E-state index in [1.807, 2.05) is 7.05 Å². The Labute approximate surface area is 118 Å². The largest absolute Gasteiger partial charge is 0.379 e. The van der Waals surface area contributed by atoms with Crippen LogP contribution in [0.1, 0.15) is 24.2 Å². The average molecular weight is 278 g/mol. The summed E-state index contributed by atoms with van der Waals surface area (Å²) in [5.41, 5.74) is 2.09. The summed E-state index contributed by atoms with van der Waals surface area (Å²) in [6, 6.07) is -0.167. The maximum Gasteiger partial charge on any atom is 0.239 e. The normalized spacial score (nSPS) is 21.6. The molecule has 1 aliphatic carbocycles. The first-order valence-corrected chi connectivity index (χ1v) is 7.31. The van der Waals surface area contributed by atoms with Crippen LogP contribution in [0.15, 0.2) is 6.33 Å². The summed E-state index contributed by atoms with van der Waals surface area (Å²) in [6.07, 6.45) is 4.94. The summed E-state index contributed by atoms with van der Waals surface area (Å²) in [5, 5.41) is 3.26. The van der Waals surface area contributed by atoms with Crippen molar-refractivity contribution in [2.24, 2.45) is 5.92 Å². The first kappa shape index (κ1) is 13.6. The van der Waals surface area contributed by atoms with Gasteiger partial charge in [0.2, 0.25) is 5.91 Å². The van der Waals surface area contributed by atoms with Crippen molar-refractivity contribution >= 4 is 5.91 Å². The van der Waals surface area contributed by atoms with Crippen molar-refractivity contribution < 1.29 is 9.53 Å². The average Bonchev–Trinajstić information content (AvgIpc) is 3.17. The summed E-state index contributed by atoms with van der Waals surface area (Å²) in [6.45, 7) is 2.80. The Kier molecular flexibility index (Phi) is 4.03. The Bertz CT molecular complexity index is 469. The number of carbonyl (C=O) groups is 1. The van der Waals surface area contributed by atoms with Crippen LogP contribution in [0.2, 0.25) is 0 Å². The molecule has 2 heterocycles. The standard InChI is InChI=1S/C14H22N4O2/c1-18(4-5-20-8-10-2-3-10)14(19)12-6-11-13(7-15-12)17-9-16-11/h9-10,12,15H,2-8H2,1H3,(H,16,17). The molecule has 1 fully saturated rings. The van der Waals surface area contributed by atoms with E-state index in [1.54, 1.807) is 11.2 Å². The molecule has 0 bridgehead atoms. The minimum absolute atomic E-state index is 0.119. The van der Waals surface area contributed by atoms with Crippen LogP contribution in [-0.4, -0.2) is 53.6 Å². The van der Waals surface area contributed by atoms with Crippen molar-refractivity contribution in [1.82, 2.24) is 20.2 Å². The molecule has 6 heteroatoms. The van der Waals surface area contributed by atoms with Crippen LogP contribution in [0.25, 0.3) is 0 Å². The van der Waals surface area contributed by atoms with Crippen LogP contribution >= 0.6 is 0 Å². The number of amides is 1. The second kappa shape index (κ2) is 5.93. The molecule has 20 heavy (non-hydrogen) atoms. The smallest absolute Gasteiger partial charge is 0.239 e. The Morgan fingerprint density at radius 3 is 3.20 bits per heavy atom. The van der Waals surface area contributed by atoms with Gasteiger partial charge in [0.25, 0.3) is 0 Å². The highest BCUT2D eigenvalue weighted by Crippen LogP contribution is 2.28. The van der Waals surface area contributed by atoms with Gasteiger partial charge in [-0.05, 0) is 18.8 Å². The number of carbonyl (C=O) groups excluding carboxylic acids is 1. The minimum atomic E-state index is -0.167. The molecule has 1 unspecified atom stereocenters. The van der Waals surface area contributed by atoms with Gasteiger partial charge in [0, 0.05) is 33.2 Å². The zero-order valence-corrected chi connectivity index (χ0v) is 11.9. The molecule has 0 saturated heterocycles. The molecule has 1 amide bonds. The number of aromatic nitrogens is 2. The van der Waals surface area contributed by atoms with Crippen LogP contribution in [-0.2, 0) is 22.5 Å². The molecule has 1 aromatic heterocycles. The summed E-state index contributed by atoms with van der Waals surface area (Å²) in [5.74, 6) is 0.891. The van der Waals surface area contributed by atoms with Gasteiger partial charge in [-0.2, -0.15) is 0 Å². The number of rotatable bonds is 6. The third-order valence-corrected chi connectivity index (χ3v) is 4.03. The molecule has 110 valence electrons. The van der Waals surface area contributed by atoms with E-state index in [-0.39, 0.29) is 11.9 Å². The quantitative estimate of drug-likeness (QED) is 0.735. The van der Waals surface area contributed by atoms with Crippen molar-refractivity contribution in [3.63, 3.8) is 0 Å². The van der Waals surface area contributed by atoms with E-state index in [4.69, 9.17) is 4.74 Å². The number of nitrogens with one attached hydrogen (secondary N) is 2. The highest BCUT2D eigenvalue weighted by atomic mass is 16.5. The molecule has 1 atom stereocenters. The van der Waals surface area contributed by atoms with Gasteiger partial charge in [-0.1, -0.05) is 0 Å². The second-order valence-electron chi connectivity index (χ2n) is 5.74. The molecule has 0 aromatic carbocycles. The molecule has 1 saturated carbocycles. The Morgan fingerprint density at radius 2 is 2.40 bits per heavy atom. The molecule has 1 aliphatic heterocycles. The fourth-order valence-electron chi connectivity index (χ4n) is 2.46. The Balaban J connectivity index is 1.43. The maximum atomic E-state index is 12.3. The number of fused-ring (bicyclic) bond motifs is 1. The lowest BCUT2D eigenvalue weighted by atomic mass is 10.0. The molecule has 2 aliphatic rings. The molecule has 3 rings (SSSR count). The highest BCUT2D eigenvalue weighted by Gasteiger charge is 2.28. The van der Waals surface area contributed by atoms with E-state index in [0.717, 1.165) is 23.9 Å². The predicted octanol–water partition coefficient (Wildman–Crippen LogP) is 0.309. The van der Waals surface area contributed by atoms with Gasteiger partial charge < -0.3 is 14.6 Å². The molecule has 0 spiro atoms. The van der Waals surface area contributed by atoms with Crippen LogP contribution in [0.3, 0.4) is 0 Å². The molecule has 6 nitrogen and oxygen atoms in total. The van der Waals surface area contributed by atoms with Gasteiger partial charge in [0.15, 0.2) is 0 Å². The van der Waals surface area contributed by atoms with Gasteiger partial charge in [0.1, 0.15) is 0 Å². The number of aromatic amines is 1. The molecule has 2 N–H and O–H groups in total. The second-order valence-corrected chi connectivity index (χ2v) is 5.74. The topological polar surface area (TPSA) is 70.2 Å². The lowest BCUT2D eigenvalue weighted by molar-refractivity contribution is -0.133. The zero-order valence-electron chi connectivity index (χ0n) is 11.9. The third kappa shape index (κ3) is 3.19. The monoisotopic (exact) mass is 278 g/mol. The Morgan fingerprint density at radius 1 is 1.55 bits per heavy atom. The molecule has 0 radical (unpaired) electrons. The first-order valence-electron chi connectivity index (χ1n) is 7.31. The zero-order chi connectivity index (χ0) is 13.9. The van der Waals surface area contributed by atoms with E-state index in [1.165, 1.54) is 12.8 Å². The van der Waals surface area contributed by atoms with Gasteiger partial charge in [-0.15, -0.1) is 0 Å². The first-order chi connectivity index (χ1) is 9.74. The van der Waals surface area contributed by atoms with E-state index in [0.29, 0.717) is 26.1 Å². The third-order valence-electron chi connectivity index (χ3n) is 4.03. The van der Waals surface area contributed by atoms with Crippen molar-refractivity contribution in [1.29, 1.82) is 0 Å². The van der Waals surface area contributed by atoms with Gasteiger partial charge >= 0.3 is 0 Å². The van der Waals surface area contributed by atoms with E-state index in [9.17, 15) is 4.79 Å². The molecule has 1 aromatic rings. The van der Waals surface area contributed by atoms with E-state index < -0.39 is 0 Å². The minimum Gasteiger partial charge on any atom is -0.379 e. The fourth-order valence-corrected chi connectivity index (χ4v) is 2.46. The van der Waals surface area contributed by atoms with Gasteiger partial charge in [-0.3, -0.25) is 10.1 Å². The van der Waals surface area contributed by atoms with Crippen LogP contribution in [0.5, 0.6) is 0 Å². The number of likely N-dealkylation sites (N-methyl/N-ethyl adjacent to an activating group) is 1. The number of imidazole rings is 1. The number of hydrogen-bond acceptors (Lipinski definition) is 4. The predicted molar refractivity (Wildman–Crippen MR) is 74.1 cm³/mol. The van der Waals surface area contributed by atoms with Crippen molar-refractivity contribution in [3.05, 3.63) is 17.7 Å².